The Morgan fingerprint density at radius 3 is 2.86 bits per heavy atom. The molecule has 0 aliphatic heterocycles. The lowest BCUT2D eigenvalue weighted by Crippen LogP contribution is -2.09. The van der Waals surface area contributed by atoms with Gasteiger partial charge in [0, 0.05) is 6.20 Å². The van der Waals surface area contributed by atoms with E-state index in [2.05, 4.69) is 10.1 Å². The van der Waals surface area contributed by atoms with E-state index in [1.165, 1.54) is 31.9 Å². The van der Waals surface area contributed by atoms with Crippen LogP contribution >= 0.6 is 0 Å². The van der Waals surface area contributed by atoms with E-state index in [0.29, 0.717) is 11.7 Å². The van der Waals surface area contributed by atoms with Gasteiger partial charge < -0.3 is 10.5 Å². The molecule has 0 spiro atoms. The summed E-state index contributed by atoms with van der Waals surface area (Å²) in [6.45, 7) is 0.157. The average Bonchev–Trinajstić information content (AvgIpc) is 3.16. The van der Waals surface area contributed by atoms with Gasteiger partial charge in [-0.15, -0.1) is 0 Å². The van der Waals surface area contributed by atoms with Gasteiger partial charge in [-0.1, -0.05) is 12.8 Å². The van der Waals surface area contributed by atoms with Gasteiger partial charge in [0.1, 0.15) is 12.3 Å². The number of carbonyl (C=O) groups excluding carboxylic acids is 1. The first kappa shape index (κ1) is 13.6. The van der Waals surface area contributed by atoms with Crippen molar-refractivity contribution in [2.45, 2.75) is 38.3 Å². The standard InChI is InChI=1S/C15H18N4O2/c16-11-5-6-14(17-9-11)15(20)21-10-12-7-8-19(18-12)13-3-1-2-4-13/h5-9,13H,1-4,10,16H2. The average molecular weight is 286 g/mol. The summed E-state index contributed by atoms with van der Waals surface area (Å²) < 4.78 is 7.20. The summed E-state index contributed by atoms with van der Waals surface area (Å²) in [5, 5.41) is 4.47. The minimum absolute atomic E-state index is 0.157. The molecule has 6 heteroatoms. The van der Waals surface area contributed by atoms with E-state index in [1.54, 1.807) is 12.1 Å². The molecule has 1 aliphatic rings. The second kappa shape index (κ2) is 5.95. The molecule has 0 amide bonds. The van der Waals surface area contributed by atoms with Gasteiger partial charge >= 0.3 is 5.97 Å². The molecule has 2 aromatic heterocycles. The number of ether oxygens (including phenoxy) is 1. The Kier molecular flexibility index (Phi) is 3.85. The first-order chi connectivity index (χ1) is 10.2. The molecule has 3 rings (SSSR count). The van der Waals surface area contributed by atoms with Gasteiger partial charge in [0.05, 0.1) is 23.6 Å². The third kappa shape index (κ3) is 3.21. The van der Waals surface area contributed by atoms with Crippen LogP contribution in [0.25, 0.3) is 0 Å². The number of nitrogens with zero attached hydrogens (tertiary/aromatic N) is 3. The Balaban J connectivity index is 1.57. The quantitative estimate of drug-likeness (QED) is 0.872. The van der Waals surface area contributed by atoms with Crippen molar-refractivity contribution in [1.29, 1.82) is 0 Å². The second-order valence-corrected chi connectivity index (χ2v) is 5.28. The summed E-state index contributed by atoms with van der Waals surface area (Å²) in [5.41, 5.74) is 7.05. The fourth-order valence-electron chi connectivity index (χ4n) is 2.57. The van der Waals surface area contributed by atoms with Gasteiger partial charge in [-0.2, -0.15) is 5.10 Å². The van der Waals surface area contributed by atoms with Gasteiger partial charge in [0.25, 0.3) is 0 Å². The van der Waals surface area contributed by atoms with E-state index >= 15 is 0 Å². The molecule has 1 fully saturated rings. The number of anilines is 1. The molecule has 0 aromatic carbocycles. The lowest BCUT2D eigenvalue weighted by Gasteiger charge is -2.08. The van der Waals surface area contributed by atoms with Crippen LogP contribution in [0, 0.1) is 0 Å². The molecule has 2 N–H and O–H groups in total. The van der Waals surface area contributed by atoms with Crippen molar-refractivity contribution < 1.29 is 9.53 Å². The fourth-order valence-corrected chi connectivity index (χ4v) is 2.57. The van der Waals surface area contributed by atoms with Crippen LogP contribution in [0.1, 0.15) is 47.9 Å². The zero-order chi connectivity index (χ0) is 14.7. The van der Waals surface area contributed by atoms with Gasteiger partial charge in [0.15, 0.2) is 0 Å². The largest absolute Gasteiger partial charge is 0.454 e. The first-order valence-corrected chi connectivity index (χ1v) is 7.15. The highest BCUT2D eigenvalue weighted by Crippen LogP contribution is 2.28. The smallest absolute Gasteiger partial charge is 0.357 e. The van der Waals surface area contributed by atoms with Crippen LogP contribution in [0.15, 0.2) is 30.6 Å². The highest BCUT2D eigenvalue weighted by Gasteiger charge is 2.18. The molecular weight excluding hydrogens is 268 g/mol. The number of esters is 1. The summed E-state index contributed by atoms with van der Waals surface area (Å²) >= 11 is 0. The van der Waals surface area contributed by atoms with E-state index in [1.807, 2.05) is 16.9 Å². The van der Waals surface area contributed by atoms with Crippen molar-refractivity contribution >= 4 is 11.7 Å². The molecule has 1 saturated carbocycles. The lowest BCUT2D eigenvalue weighted by atomic mass is 10.3. The van der Waals surface area contributed by atoms with E-state index in [4.69, 9.17) is 10.5 Å². The molecule has 0 bridgehead atoms. The predicted octanol–water partition coefficient (Wildman–Crippen LogP) is 2.33. The highest BCUT2D eigenvalue weighted by molar-refractivity contribution is 5.87. The summed E-state index contributed by atoms with van der Waals surface area (Å²) in [4.78, 5) is 15.8. The molecule has 0 saturated heterocycles. The fraction of sp³-hybridized carbons (Fsp3) is 0.400. The molecule has 6 nitrogen and oxygen atoms in total. The summed E-state index contributed by atoms with van der Waals surface area (Å²) in [5.74, 6) is -0.467. The topological polar surface area (TPSA) is 83.0 Å². The lowest BCUT2D eigenvalue weighted by molar-refractivity contribution is 0.0460. The zero-order valence-electron chi connectivity index (χ0n) is 11.7. The van der Waals surface area contributed by atoms with Crippen LogP contribution in [0.3, 0.4) is 0 Å². The van der Waals surface area contributed by atoms with Crippen molar-refractivity contribution in [3.05, 3.63) is 42.0 Å². The zero-order valence-corrected chi connectivity index (χ0v) is 11.7. The number of pyridine rings is 1. The molecular formula is C15H18N4O2. The van der Waals surface area contributed by atoms with E-state index < -0.39 is 5.97 Å². The summed E-state index contributed by atoms with van der Waals surface area (Å²) in [6.07, 6.45) is 8.27. The normalized spacial score (nSPS) is 15.2. The number of carbonyl (C=O) groups is 1. The molecule has 0 atom stereocenters. The molecule has 110 valence electrons. The number of hydrogen-bond acceptors (Lipinski definition) is 5. The number of nitrogen functional groups attached to an aromatic ring is 1. The Morgan fingerprint density at radius 2 is 2.14 bits per heavy atom. The van der Waals surface area contributed by atoms with Crippen LogP contribution in [0.4, 0.5) is 5.69 Å². The van der Waals surface area contributed by atoms with Crippen molar-refractivity contribution in [3.8, 4) is 0 Å². The van der Waals surface area contributed by atoms with Gasteiger partial charge in [0.2, 0.25) is 0 Å². The number of nitrogens with two attached hydrogens (primary N) is 1. The van der Waals surface area contributed by atoms with Crippen molar-refractivity contribution in [2.75, 3.05) is 5.73 Å². The maximum atomic E-state index is 11.8. The second-order valence-electron chi connectivity index (χ2n) is 5.28. The third-order valence-corrected chi connectivity index (χ3v) is 3.71. The Morgan fingerprint density at radius 1 is 1.33 bits per heavy atom. The molecule has 21 heavy (non-hydrogen) atoms. The number of rotatable bonds is 4. The summed E-state index contributed by atoms with van der Waals surface area (Å²) in [6, 6.07) is 5.56. The predicted molar refractivity (Wildman–Crippen MR) is 77.5 cm³/mol. The Bertz CT molecular complexity index is 615. The van der Waals surface area contributed by atoms with Crippen LogP contribution in [0.5, 0.6) is 0 Å². The van der Waals surface area contributed by atoms with Crippen LogP contribution < -0.4 is 5.73 Å². The van der Waals surface area contributed by atoms with E-state index in [9.17, 15) is 4.79 Å². The third-order valence-electron chi connectivity index (χ3n) is 3.71. The number of aromatic nitrogens is 3. The van der Waals surface area contributed by atoms with Gasteiger partial charge in [-0.3, -0.25) is 4.68 Å². The van der Waals surface area contributed by atoms with Crippen LogP contribution in [0.2, 0.25) is 0 Å². The maximum Gasteiger partial charge on any atom is 0.357 e. The van der Waals surface area contributed by atoms with E-state index in [-0.39, 0.29) is 12.3 Å². The molecule has 1 aliphatic carbocycles. The Labute approximate surface area is 122 Å². The molecule has 2 aromatic rings. The van der Waals surface area contributed by atoms with E-state index in [0.717, 1.165) is 5.69 Å². The number of hydrogen-bond donors (Lipinski definition) is 1. The van der Waals surface area contributed by atoms with Gasteiger partial charge in [-0.05, 0) is 31.0 Å². The monoisotopic (exact) mass is 286 g/mol. The van der Waals surface area contributed by atoms with Crippen molar-refractivity contribution in [2.24, 2.45) is 0 Å². The van der Waals surface area contributed by atoms with Gasteiger partial charge in [-0.25, -0.2) is 9.78 Å². The SMILES string of the molecule is Nc1ccc(C(=O)OCc2ccn(C3CCCC3)n2)nc1. The minimum Gasteiger partial charge on any atom is -0.454 e. The Hall–Kier alpha value is -2.37. The summed E-state index contributed by atoms with van der Waals surface area (Å²) in [7, 11) is 0. The van der Waals surface area contributed by atoms with Crippen LogP contribution in [-0.2, 0) is 11.3 Å². The van der Waals surface area contributed by atoms with Crippen LogP contribution in [-0.4, -0.2) is 20.7 Å². The minimum atomic E-state index is -0.467. The maximum absolute atomic E-state index is 11.8. The highest BCUT2D eigenvalue weighted by atomic mass is 16.5. The molecule has 0 radical (unpaired) electrons. The molecule has 2 heterocycles. The van der Waals surface area contributed by atoms with Crippen molar-refractivity contribution in [3.63, 3.8) is 0 Å². The molecule has 0 unspecified atom stereocenters. The van der Waals surface area contributed by atoms with Crippen molar-refractivity contribution in [1.82, 2.24) is 14.8 Å². The first-order valence-electron chi connectivity index (χ1n) is 7.15.